The Hall–Kier alpha value is -3.39. The summed E-state index contributed by atoms with van der Waals surface area (Å²) >= 11 is 0. The van der Waals surface area contributed by atoms with Crippen LogP contribution >= 0.6 is 0 Å². The van der Waals surface area contributed by atoms with Gasteiger partial charge in [0.25, 0.3) is 5.91 Å². The molecule has 2 unspecified atom stereocenters. The molecule has 1 aliphatic carbocycles. The Labute approximate surface area is 186 Å². The number of carboxylic acids is 1. The fraction of sp³-hybridized carbons (Fsp3) is 0.375. The lowest BCUT2D eigenvalue weighted by Crippen LogP contribution is -2.45. The quantitative estimate of drug-likeness (QED) is 0.688. The van der Waals surface area contributed by atoms with Gasteiger partial charge in [-0.2, -0.15) is 0 Å². The second-order valence-corrected chi connectivity index (χ2v) is 8.04. The van der Waals surface area contributed by atoms with Crippen molar-refractivity contribution in [2.45, 2.75) is 18.4 Å². The van der Waals surface area contributed by atoms with Crippen molar-refractivity contribution in [2.24, 2.45) is 5.92 Å². The third-order valence-electron chi connectivity index (χ3n) is 6.18. The third-order valence-corrected chi connectivity index (χ3v) is 6.18. The van der Waals surface area contributed by atoms with E-state index in [2.05, 4.69) is 17.4 Å². The van der Waals surface area contributed by atoms with Crippen LogP contribution in [0, 0.1) is 5.92 Å². The van der Waals surface area contributed by atoms with Gasteiger partial charge in [-0.15, -0.1) is 0 Å². The number of ether oxygens (including phenoxy) is 2. The van der Waals surface area contributed by atoms with Crippen molar-refractivity contribution in [1.82, 2.24) is 10.2 Å². The van der Waals surface area contributed by atoms with Gasteiger partial charge in [0.15, 0.2) is 6.10 Å². The summed E-state index contributed by atoms with van der Waals surface area (Å²) in [5.74, 6) is -1.86. The van der Waals surface area contributed by atoms with Gasteiger partial charge in [-0.25, -0.2) is 4.79 Å². The topological polar surface area (TPSA) is 105 Å². The first-order valence-electron chi connectivity index (χ1n) is 10.6. The number of likely N-dealkylation sites (tertiary alicyclic amines) is 1. The predicted octanol–water partition coefficient (Wildman–Crippen LogP) is 2.47. The van der Waals surface area contributed by atoms with Gasteiger partial charge in [0.05, 0.1) is 12.5 Å². The molecular formula is C24H26N2O6. The summed E-state index contributed by atoms with van der Waals surface area (Å²) in [4.78, 5) is 37.5. The average molecular weight is 438 g/mol. The first-order chi connectivity index (χ1) is 15.5. The molecule has 8 nitrogen and oxygen atoms in total. The number of fused-ring (bicyclic) bond motifs is 3. The molecule has 4 rings (SSSR count). The molecule has 2 aliphatic rings. The number of nitrogens with one attached hydrogen (secondary N) is 1. The summed E-state index contributed by atoms with van der Waals surface area (Å²) in [7, 11) is 1.38. The maximum atomic E-state index is 12.6. The van der Waals surface area contributed by atoms with Crippen LogP contribution in [-0.2, 0) is 19.1 Å². The first-order valence-corrected chi connectivity index (χ1v) is 10.6. The highest BCUT2D eigenvalue weighted by Crippen LogP contribution is 2.44. The van der Waals surface area contributed by atoms with Crippen molar-refractivity contribution in [1.29, 1.82) is 0 Å². The van der Waals surface area contributed by atoms with Crippen molar-refractivity contribution in [3.8, 4) is 11.1 Å². The van der Waals surface area contributed by atoms with Crippen molar-refractivity contribution in [3.05, 3.63) is 59.7 Å². The van der Waals surface area contributed by atoms with Crippen LogP contribution in [-0.4, -0.2) is 67.4 Å². The van der Waals surface area contributed by atoms with E-state index in [4.69, 9.17) is 14.6 Å². The molecule has 2 atom stereocenters. The van der Waals surface area contributed by atoms with E-state index in [1.54, 1.807) is 0 Å². The van der Waals surface area contributed by atoms with Gasteiger partial charge in [-0.05, 0) is 28.7 Å². The minimum atomic E-state index is -0.911. The van der Waals surface area contributed by atoms with Crippen LogP contribution in [0.2, 0.25) is 0 Å². The Kier molecular flexibility index (Phi) is 6.41. The van der Waals surface area contributed by atoms with Crippen LogP contribution < -0.4 is 5.32 Å². The predicted molar refractivity (Wildman–Crippen MR) is 116 cm³/mol. The number of amides is 2. The monoisotopic (exact) mass is 438 g/mol. The van der Waals surface area contributed by atoms with E-state index < -0.39 is 24.1 Å². The van der Waals surface area contributed by atoms with Gasteiger partial charge >= 0.3 is 12.1 Å². The highest BCUT2D eigenvalue weighted by atomic mass is 16.5. The number of alkyl carbamates (subject to hydrolysis) is 1. The molecule has 2 amide bonds. The lowest BCUT2D eigenvalue weighted by atomic mass is 9.98. The maximum absolute atomic E-state index is 12.6. The van der Waals surface area contributed by atoms with Gasteiger partial charge in [0.2, 0.25) is 0 Å². The molecule has 1 saturated heterocycles. The Bertz CT molecular complexity index is 978. The van der Waals surface area contributed by atoms with E-state index in [0.717, 1.165) is 22.3 Å². The molecule has 0 saturated carbocycles. The highest BCUT2D eigenvalue weighted by Gasteiger charge is 2.34. The number of carbonyl (C=O) groups is 3. The molecular weight excluding hydrogens is 412 g/mol. The van der Waals surface area contributed by atoms with Crippen molar-refractivity contribution in [2.75, 3.05) is 33.4 Å². The zero-order valence-corrected chi connectivity index (χ0v) is 17.8. The molecule has 2 aromatic rings. The number of hydrogen-bond acceptors (Lipinski definition) is 5. The van der Waals surface area contributed by atoms with Gasteiger partial charge in [0, 0.05) is 26.1 Å². The van der Waals surface area contributed by atoms with Gasteiger partial charge < -0.3 is 24.8 Å². The molecule has 1 fully saturated rings. The molecule has 1 heterocycles. The summed E-state index contributed by atoms with van der Waals surface area (Å²) in [5, 5.41) is 11.7. The summed E-state index contributed by atoms with van der Waals surface area (Å²) in [6.45, 7) is 0.637. The van der Waals surface area contributed by atoms with Gasteiger partial charge in [-0.1, -0.05) is 48.5 Å². The van der Waals surface area contributed by atoms with E-state index in [0.29, 0.717) is 13.0 Å². The fourth-order valence-corrected chi connectivity index (χ4v) is 4.46. The lowest BCUT2D eigenvalue weighted by molar-refractivity contribution is -0.143. The third kappa shape index (κ3) is 4.31. The summed E-state index contributed by atoms with van der Waals surface area (Å²) in [5.41, 5.74) is 4.53. The number of hydrogen-bond donors (Lipinski definition) is 2. The number of carboxylic acid groups (broad SMARTS) is 1. The molecule has 32 heavy (non-hydrogen) atoms. The molecule has 0 bridgehead atoms. The normalized spacial score (nSPS) is 18.0. The zero-order chi connectivity index (χ0) is 22.7. The van der Waals surface area contributed by atoms with Crippen molar-refractivity contribution < 1.29 is 29.0 Å². The Morgan fingerprint density at radius 2 is 1.72 bits per heavy atom. The smallest absolute Gasteiger partial charge is 0.407 e. The lowest BCUT2D eigenvalue weighted by Gasteiger charge is -2.22. The maximum Gasteiger partial charge on any atom is 0.407 e. The fourth-order valence-electron chi connectivity index (χ4n) is 4.46. The van der Waals surface area contributed by atoms with Crippen molar-refractivity contribution >= 4 is 18.0 Å². The molecule has 168 valence electrons. The minimum absolute atomic E-state index is 0.0504. The molecule has 0 spiro atoms. The number of rotatable bonds is 7. The van der Waals surface area contributed by atoms with Crippen LogP contribution in [0.3, 0.4) is 0 Å². The summed E-state index contributed by atoms with van der Waals surface area (Å²) < 4.78 is 10.7. The van der Waals surface area contributed by atoms with E-state index in [9.17, 15) is 14.4 Å². The zero-order valence-electron chi connectivity index (χ0n) is 17.8. The highest BCUT2D eigenvalue weighted by molar-refractivity contribution is 5.83. The molecule has 2 aromatic carbocycles. The standard InChI is InChI=1S/C24H26N2O6/c1-31-21(22(27)26-11-10-15(13-26)23(28)29)12-25-24(30)32-14-20-18-8-4-2-6-16(18)17-7-3-5-9-19(17)20/h2-9,15,20-21H,10-14H2,1H3,(H,25,30)(H,28,29). The Balaban J connectivity index is 1.32. The average Bonchev–Trinajstić information content (AvgIpc) is 3.42. The Morgan fingerprint density at radius 3 is 2.28 bits per heavy atom. The van der Waals surface area contributed by atoms with Crippen molar-refractivity contribution in [3.63, 3.8) is 0 Å². The van der Waals surface area contributed by atoms with E-state index >= 15 is 0 Å². The van der Waals surface area contributed by atoms with Crippen LogP contribution in [0.1, 0.15) is 23.5 Å². The number of benzene rings is 2. The largest absolute Gasteiger partial charge is 0.481 e. The second-order valence-electron chi connectivity index (χ2n) is 8.04. The summed E-state index contributed by atoms with van der Waals surface area (Å²) in [6.07, 6.45) is -1.12. The van der Waals surface area contributed by atoms with Gasteiger partial charge in [-0.3, -0.25) is 9.59 Å². The van der Waals surface area contributed by atoms with E-state index in [1.165, 1.54) is 12.0 Å². The number of nitrogens with zero attached hydrogens (tertiary/aromatic N) is 1. The van der Waals surface area contributed by atoms with Crippen LogP contribution in [0.5, 0.6) is 0 Å². The molecule has 1 aliphatic heterocycles. The van der Waals surface area contributed by atoms with E-state index in [1.807, 2.05) is 36.4 Å². The molecule has 8 heteroatoms. The minimum Gasteiger partial charge on any atom is -0.481 e. The number of carbonyl (C=O) groups excluding carboxylic acids is 2. The van der Waals surface area contributed by atoms with Crippen LogP contribution in [0.25, 0.3) is 11.1 Å². The molecule has 0 aromatic heterocycles. The van der Waals surface area contributed by atoms with Crippen LogP contribution in [0.15, 0.2) is 48.5 Å². The van der Waals surface area contributed by atoms with E-state index in [-0.39, 0.29) is 31.5 Å². The SMILES string of the molecule is COC(CNC(=O)OCC1c2ccccc2-c2ccccc21)C(=O)N1CCC(C(=O)O)C1. The second kappa shape index (κ2) is 9.40. The van der Waals surface area contributed by atoms with Gasteiger partial charge in [0.1, 0.15) is 6.61 Å². The Morgan fingerprint density at radius 1 is 1.09 bits per heavy atom. The van der Waals surface area contributed by atoms with Crippen LogP contribution in [0.4, 0.5) is 4.79 Å². The number of methoxy groups -OCH3 is 1. The molecule has 0 radical (unpaired) electrons. The first kappa shape index (κ1) is 21.8. The molecule has 2 N–H and O–H groups in total. The summed E-state index contributed by atoms with van der Waals surface area (Å²) in [6, 6.07) is 16.1. The number of aliphatic carboxylic acids is 1.